The summed E-state index contributed by atoms with van der Waals surface area (Å²) in [5, 5.41) is 3.10. The average Bonchev–Trinajstić information content (AvgIpc) is 2.37. The van der Waals surface area contributed by atoms with E-state index >= 15 is 0 Å². The molecule has 0 spiro atoms. The molecule has 5 heteroatoms. The Morgan fingerprint density at radius 2 is 1.95 bits per heavy atom. The molecule has 5 nitrogen and oxygen atoms in total. The Balaban J connectivity index is 1.71. The van der Waals surface area contributed by atoms with Crippen molar-refractivity contribution in [3.63, 3.8) is 0 Å². The lowest BCUT2D eigenvalue weighted by molar-refractivity contribution is -0.136. The van der Waals surface area contributed by atoms with E-state index in [-0.39, 0.29) is 11.8 Å². The second kappa shape index (κ2) is 6.43. The molecule has 1 aromatic carbocycles. The summed E-state index contributed by atoms with van der Waals surface area (Å²) < 4.78 is 10.7. The zero-order valence-electron chi connectivity index (χ0n) is 11.4. The van der Waals surface area contributed by atoms with Crippen LogP contribution in [0.2, 0.25) is 0 Å². The van der Waals surface area contributed by atoms with Gasteiger partial charge in [0, 0.05) is 20.1 Å². The fourth-order valence-corrected chi connectivity index (χ4v) is 1.86. The summed E-state index contributed by atoms with van der Waals surface area (Å²) >= 11 is 0. The SMILES string of the molecule is COc1ccc(OCCN(C)C(=O)C2CNC2)cc1. The number of carbonyl (C=O) groups excluding carboxylic acids is 1. The fourth-order valence-electron chi connectivity index (χ4n) is 1.86. The van der Waals surface area contributed by atoms with Crippen molar-refractivity contribution in [2.24, 2.45) is 5.92 Å². The normalized spacial score (nSPS) is 14.6. The molecule has 0 saturated carbocycles. The van der Waals surface area contributed by atoms with E-state index in [0.29, 0.717) is 13.2 Å². The minimum atomic E-state index is 0.144. The van der Waals surface area contributed by atoms with Gasteiger partial charge in [-0.05, 0) is 24.3 Å². The second-order valence-corrected chi connectivity index (χ2v) is 4.64. The summed E-state index contributed by atoms with van der Waals surface area (Å²) in [4.78, 5) is 13.6. The first-order chi connectivity index (χ1) is 9.20. The van der Waals surface area contributed by atoms with Gasteiger partial charge in [-0.25, -0.2) is 0 Å². The minimum absolute atomic E-state index is 0.144. The van der Waals surface area contributed by atoms with Crippen LogP contribution in [0.5, 0.6) is 11.5 Å². The molecule has 0 radical (unpaired) electrons. The minimum Gasteiger partial charge on any atom is -0.497 e. The third kappa shape index (κ3) is 3.61. The van der Waals surface area contributed by atoms with E-state index in [9.17, 15) is 4.79 Å². The molecule has 19 heavy (non-hydrogen) atoms. The summed E-state index contributed by atoms with van der Waals surface area (Å²) in [5.41, 5.74) is 0. The average molecular weight is 264 g/mol. The number of hydrogen-bond acceptors (Lipinski definition) is 4. The molecule has 2 rings (SSSR count). The number of carbonyl (C=O) groups is 1. The van der Waals surface area contributed by atoms with Crippen LogP contribution in [0.3, 0.4) is 0 Å². The van der Waals surface area contributed by atoms with Crippen LogP contribution in [0.4, 0.5) is 0 Å². The van der Waals surface area contributed by atoms with Crippen LogP contribution in [0, 0.1) is 5.92 Å². The van der Waals surface area contributed by atoms with Crippen molar-refractivity contribution >= 4 is 5.91 Å². The van der Waals surface area contributed by atoms with Gasteiger partial charge in [0.2, 0.25) is 5.91 Å². The molecule has 1 amide bonds. The van der Waals surface area contributed by atoms with Crippen molar-refractivity contribution in [1.29, 1.82) is 0 Å². The van der Waals surface area contributed by atoms with Gasteiger partial charge in [0.05, 0.1) is 19.6 Å². The van der Waals surface area contributed by atoms with Crippen LogP contribution in [-0.4, -0.2) is 51.2 Å². The summed E-state index contributed by atoms with van der Waals surface area (Å²) in [6.07, 6.45) is 0. The van der Waals surface area contributed by atoms with Gasteiger partial charge in [-0.2, -0.15) is 0 Å². The van der Waals surface area contributed by atoms with Crippen LogP contribution in [0.25, 0.3) is 0 Å². The summed E-state index contributed by atoms with van der Waals surface area (Å²) in [6.45, 7) is 2.68. The Bertz CT molecular complexity index is 415. The third-order valence-electron chi connectivity index (χ3n) is 3.26. The van der Waals surface area contributed by atoms with Crippen molar-refractivity contribution in [3.05, 3.63) is 24.3 Å². The van der Waals surface area contributed by atoms with Gasteiger partial charge in [0.15, 0.2) is 0 Å². The smallest absolute Gasteiger partial charge is 0.228 e. The monoisotopic (exact) mass is 264 g/mol. The molecule has 0 atom stereocenters. The first kappa shape index (κ1) is 13.7. The maximum absolute atomic E-state index is 11.9. The van der Waals surface area contributed by atoms with E-state index in [2.05, 4.69) is 5.32 Å². The van der Waals surface area contributed by atoms with E-state index in [1.54, 1.807) is 12.0 Å². The van der Waals surface area contributed by atoms with E-state index < -0.39 is 0 Å². The Labute approximate surface area is 113 Å². The van der Waals surface area contributed by atoms with Gasteiger partial charge in [0.1, 0.15) is 18.1 Å². The van der Waals surface area contributed by atoms with E-state index in [4.69, 9.17) is 9.47 Å². The number of ether oxygens (including phenoxy) is 2. The summed E-state index contributed by atoms with van der Waals surface area (Å²) in [6, 6.07) is 7.42. The second-order valence-electron chi connectivity index (χ2n) is 4.64. The van der Waals surface area contributed by atoms with Crippen molar-refractivity contribution < 1.29 is 14.3 Å². The first-order valence-corrected chi connectivity index (χ1v) is 6.43. The Morgan fingerprint density at radius 3 is 2.47 bits per heavy atom. The molecule has 1 N–H and O–H groups in total. The highest BCUT2D eigenvalue weighted by Crippen LogP contribution is 2.16. The van der Waals surface area contributed by atoms with Crippen LogP contribution in [0.1, 0.15) is 0 Å². The molecule has 1 aliphatic rings. The lowest BCUT2D eigenvalue weighted by Crippen LogP contribution is -2.51. The Morgan fingerprint density at radius 1 is 1.32 bits per heavy atom. The van der Waals surface area contributed by atoms with Gasteiger partial charge in [-0.3, -0.25) is 4.79 Å². The van der Waals surface area contributed by atoms with Crippen LogP contribution in [-0.2, 0) is 4.79 Å². The first-order valence-electron chi connectivity index (χ1n) is 6.43. The largest absolute Gasteiger partial charge is 0.497 e. The lowest BCUT2D eigenvalue weighted by Gasteiger charge is -2.30. The van der Waals surface area contributed by atoms with Crippen LogP contribution >= 0.6 is 0 Å². The molecular formula is C14H20N2O3. The highest BCUT2D eigenvalue weighted by Gasteiger charge is 2.27. The molecule has 104 valence electrons. The zero-order chi connectivity index (χ0) is 13.7. The molecule has 0 aliphatic carbocycles. The van der Waals surface area contributed by atoms with Crippen LogP contribution < -0.4 is 14.8 Å². The number of nitrogens with one attached hydrogen (secondary N) is 1. The van der Waals surface area contributed by atoms with Gasteiger partial charge in [-0.1, -0.05) is 0 Å². The van der Waals surface area contributed by atoms with Crippen molar-refractivity contribution in [2.75, 3.05) is 40.4 Å². The quantitative estimate of drug-likeness (QED) is 0.824. The number of hydrogen-bond donors (Lipinski definition) is 1. The number of rotatable bonds is 6. The van der Waals surface area contributed by atoms with Gasteiger partial charge >= 0.3 is 0 Å². The molecule has 1 aliphatic heterocycles. The summed E-state index contributed by atoms with van der Waals surface area (Å²) in [5.74, 6) is 1.92. The highest BCUT2D eigenvalue weighted by atomic mass is 16.5. The van der Waals surface area contributed by atoms with Crippen molar-refractivity contribution in [3.8, 4) is 11.5 Å². The van der Waals surface area contributed by atoms with E-state index in [1.165, 1.54) is 0 Å². The molecule has 0 aromatic heterocycles. The molecule has 0 bridgehead atoms. The van der Waals surface area contributed by atoms with Crippen molar-refractivity contribution in [1.82, 2.24) is 10.2 Å². The van der Waals surface area contributed by atoms with Crippen LogP contribution in [0.15, 0.2) is 24.3 Å². The Hall–Kier alpha value is -1.75. The Kier molecular flexibility index (Phi) is 4.63. The van der Waals surface area contributed by atoms with Gasteiger partial charge < -0.3 is 19.7 Å². The summed E-state index contributed by atoms with van der Waals surface area (Å²) in [7, 11) is 3.45. The fraction of sp³-hybridized carbons (Fsp3) is 0.500. The topological polar surface area (TPSA) is 50.8 Å². The predicted octanol–water partition coefficient (Wildman–Crippen LogP) is 0.752. The van der Waals surface area contributed by atoms with E-state index in [0.717, 1.165) is 24.6 Å². The number of likely N-dealkylation sites (N-methyl/N-ethyl adjacent to an activating group) is 1. The number of amides is 1. The molecule has 1 saturated heterocycles. The van der Waals surface area contributed by atoms with Crippen molar-refractivity contribution in [2.45, 2.75) is 0 Å². The molecular weight excluding hydrogens is 244 g/mol. The highest BCUT2D eigenvalue weighted by molar-refractivity contribution is 5.79. The molecule has 1 aromatic rings. The van der Waals surface area contributed by atoms with Gasteiger partial charge in [-0.15, -0.1) is 0 Å². The number of methoxy groups -OCH3 is 1. The lowest BCUT2D eigenvalue weighted by atomic mass is 10.0. The van der Waals surface area contributed by atoms with E-state index in [1.807, 2.05) is 31.3 Å². The molecule has 0 unspecified atom stereocenters. The standard InChI is InChI=1S/C14H20N2O3/c1-16(14(17)11-9-15-10-11)7-8-19-13-5-3-12(18-2)4-6-13/h3-6,11,15H,7-10H2,1-2H3. The maximum atomic E-state index is 11.9. The third-order valence-corrected chi connectivity index (χ3v) is 3.26. The molecule has 1 fully saturated rings. The number of nitrogens with zero attached hydrogens (tertiary/aromatic N) is 1. The zero-order valence-corrected chi connectivity index (χ0v) is 11.4. The van der Waals surface area contributed by atoms with Gasteiger partial charge in [0.25, 0.3) is 0 Å². The maximum Gasteiger partial charge on any atom is 0.228 e. The number of benzene rings is 1. The predicted molar refractivity (Wildman–Crippen MR) is 72.5 cm³/mol. The molecule has 1 heterocycles.